The maximum Gasteiger partial charge on any atom is 0.277 e. The molecule has 0 aromatic carbocycles. The van der Waals surface area contributed by atoms with E-state index in [0.29, 0.717) is 5.56 Å². The van der Waals surface area contributed by atoms with E-state index in [0.717, 1.165) is 4.73 Å². The van der Waals surface area contributed by atoms with E-state index in [1.54, 1.807) is 6.92 Å². The van der Waals surface area contributed by atoms with Crippen LogP contribution in [0.4, 0.5) is 5.69 Å². The van der Waals surface area contributed by atoms with Gasteiger partial charge in [0.1, 0.15) is 0 Å². The number of nitro groups is 1. The zero-order chi connectivity index (χ0) is 10.0. The Hall–Kier alpha value is -1.85. The molecule has 6 heteroatoms. The first kappa shape index (κ1) is 9.24. The summed E-state index contributed by atoms with van der Waals surface area (Å²) in [5, 5.41) is 19.7. The minimum Gasteiger partial charge on any atom is -0.427 e. The molecule has 1 N–H and O–H groups in total. The van der Waals surface area contributed by atoms with Gasteiger partial charge in [0, 0.05) is 12.6 Å². The second kappa shape index (κ2) is 3.26. The zero-order valence-corrected chi connectivity index (χ0v) is 7.26. The molecule has 0 saturated heterocycles. The first-order valence-electron chi connectivity index (χ1n) is 3.56. The first-order chi connectivity index (χ1) is 6.06. The molecule has 1 heterocycles. The molecule has 0 atom stereocenters. The van der Waals surface area contributed by atoms with Gasteiger partial charge in [-0.05, 0) is 6.92 Å². The van der Waals surface area contributed by atoms with Crippen LogP contribution in [0, 0.1) is 17.0 Å². The standard InChI is InChI=1S/C7H9N3O3/c1-5-4-9(11)7(8-2)3-6(5)10(12)13/h3-4,11H,1-2H3. The largest absolute Gasteiger partial charge is 0.427 e. The summed E-state index contributed by atoms with van der Waals surface area (Å²) in [7, 11) is 1.45. The van der Waals surface area contributed by atoms with Gasteiger partial charge in [-0.25, -0.2) is 0 Å². The van der Waals surface area contributed by atoms with Gasteiger partial charge >= 0.3 is 0 Å². The monoisotopic (exact) mass is 183 g/mol. The molecular weight excluding hydrogens is 174 g/mol. The van der Waals surface area contributed by atoms with Crippen molar-refractivity contribution in [3.05, 3.63) is 33.4 Å². The molecule has 0 aliphatic heterocycles. The zero-order valence-electron chi connectivity index (χ0n) is 7.26. The lowest BCUT2D eigenvalue weighted by molar-refractivity contribution is -0.385. The summed E-state index contributed by atoms with van der Waals surface area (Å²) < 4.78 is 0.752. The normalized spacial score (nSPS) is 11.7. The van der Waals surface area contributed by atoms with Crippen LogP contribution < -0.4 is 5.49 Å². The number of hydrogen-bond acceptors (Lipinski definition) is 4. The Morgan fingerprint density at radius 3 is 2.77 bits per heavy atom. The SMILES string of the molecule is CN=c1cc([N+](=O)[O-])c(C)cn1O. The highest BCUT2D eigenvalue weighted by Gasteiger charge is 2.11. The third-order valence-electron chi connectivity index (χ3n) is 1.65. The van der Waals surface area contributed by atoms with Crippen LogP contribution in [-0.4, -0.2) is 21.9 Å². The van der Waals surface area contributed by atoms with Crippen LogP contribution in [0.1, 0.15) is 5.56 Å². The number of aryl methyl sites for hydroxylation is 1. The lowest BCUT2D eigenvalue weighted by Crippen LogP contribution is -2.19. The Bertz CT molecular complexity index is 408. The van der Waals surface area contributed by atoms with E-state index in [1.165, 1.54) is 19.3 Å². The van der Waals surface area contributed by atoms with Gasteiger partial charge in [-0.2, -0.15) is 4.73 Å². The molecule has 0 fully saturated rings. The average molecular weight is 183 g/mol. The summed E-state index contributed by atoms with van der Waals surface area (Å²) in [5.41, 5.74) is 0.489. The number of aromatic nitrogens is 1. The second-order valence-corrected chi connectivity index (χ2v) is 2.53. The van der Waals surface area contributed by atoms with Crippen molar-refractivity contribution in [1.82, 2.24) is 4.73 Å². The van der Waals surface area contributed by atoms with Crippen LogP contribution in [0.2, 0.25) is 0 Å². The third-order valence-corrected chi connectivity index (χ3v) is 1.65. The van der Waals surface area contributed by atoms with Gasteiger partial charge in [0.25, 0.3) is 5.69 Å². The van der Waals surface area contributed by atoms with Crippen molar-refractivity contribution < 1.29 is 10.1 Å². The topological polar surface area (TPSA) is 80.7 Å². The van der Waals surface area contributed by atoms with Crippen molar-refractivity contribution in [2.75, 3.05) is 7.05 Å². The van der Waals surface area contributed by atoms with Crippen molar-refractivity contribution in [3.63, 3.8) is 0 Å². The van der Waals surface area contributed by atoms with Crippen LogP contribution in [0.5, 0.6) is 0 Å². The quantitative estimate of drug-likeness (QED) is 0.390. The van der Waals surface area contributed by atoms with Gasteiger partial charge in [-0.1, -0.05) is 0 Å². The molecular formula is C7H9N3O3. The number of hydrogen-bond donors (Lipinski definition) is 1. The number of pyridine rings is 1. The van der Waals surface area contributed by atoms with Gasteiger partial charge in [0.05, 0.1) is 17.2 Å². The highest BCUT2D eigenvalue weighted by atomic mass is 16.6. The highest BCUT2D eigenvalue weighted by Crippen LogP contribution is 2.12. The summed E-state index contributed by atoms with van der Waals surface area (Å²) in [4.78, 5) is 13.6. The average Bonchev–Trinajstić information content (AvgIpc) is 2.03. The molecule has 0 amide bonds. The molecule has 70 valence electrons. The Labute approximate surface area is 73.9 Å². The maximum atomic E-state index is 10.5. The minimum absolute atomic E-state index is 0.0501. The lowest BCUT2D eigenvalue weighted by atomic mass is 10.3. The fourth-order valence-corrected chi connectivity index (χ4v) is 0.982. The van der Waals surface area contributed by atoms with Crippen molar-refractivity contribution in [2.45, 2.75) is 6.92 Å². The molecule has 0 spiro atoms. The van der Waals surface area contributed by atoms with Crippen LogP contribution in [0.25, 0.3) is 0 Å². The lowest BCUT2D eigenvalue weighted by Gasteiger charge is -2.00. The smallest absolute Gasteiger partial charge is 0.277 e. The summed E-state index contributed by atoms with van der Waals surface area (Å²) in [6.45, 7) is 1.55. The molecule has 1 rings (SSSR count). The fraction of sp³-hybridized carbons (Fsp3) is 0.286. The Balaban J connectivity index is 3.49. The van der Waals surface area contributed by atoms with E-state index in [1.807, 2.05) is 0 Å². The van der Waals surface area contributed by atoms with Crippen LogP contribution in [-0.2, 0) is 0 Å². The second-order valence-electron chi connectivity index (χ2n) is 2.53. The molecule has 0 aliphatic carbocycles. The third kappa shape index (κ3) is 1.66. The van der Waals surface area contributed by atoms with Gasteiger partial charge in [0.2, 0.25) is 0 Å². The van der Waals surface area contributed by atoms with Crippen molar-refractivity contribution in [3.8, 4) is 0 Å². The van der Waals surface area contributed by atoms with Crippen molar-refractivity contribution in [1.29, 1.82) is 0 Å². The van der Waals surface area contributed by atoms with Crippen molar-refractivity contribution >= 4 is 5.69 Å². The summed E-state index contributed by atoms with van der Waals surface area (Å²) in [6.07, 6.45) is 1.25. The van der Waals surface area contributed by atoms with E-state index in [-0.39, 0.29) is 11.2 Å². The summed E-state index contributed by atoms with van der Waals surface area (Å²) in [5.74, 6) is 0. The molecule has 13 heavy (non-hydrogen) atoms. The predicted octanol–water partition coefficient (Wildman–Crippen LogP) is 0.473. The van der Waals surface area contributed by atoms with E-state index >= 15 is 0 Å². The van der Waals surface area contributed by atoms with E-state index in [4.69, 9.17) is 0 Å². The highest BCUT2D eigenvalue weighted by molar-refractivity contribution is 5.35. The van der Waals surface area contributed by atoms with Gasteiger partial charge in [0.15, 0.2) is 5.49 Å². The van der Waals surface area contributed by atoms with E-state index in [9.17, 15) is 15.3 Å². The van der Waals surface area contributed by atoms with E-state index in [2.05, 4.69) is 4.99 Å². The molecule has 1 aromatic rings. The summed E-state index contributed by atoms with van der Waals surface area (Å²) >= 11 is 0. The first-order valence-corrected chi connectivity index (χ1v) is 3.56. The van der Waals surface area contributed by atoms with Gasteiger partial charge < -0.3 is 5.21 Å². The molecule has 0 saturated carbocycles. The minimum atomic E-state index is -0.510. The Morgan fingerprint density at radius 2 is 2.31 bits per heavy atom. The number of nitrogens with zero attached hydrogens (tertiary/aromatic N) is 3. The summed E-state index contributed by atoms with van der Waals surface area (Å²) in [6, 6.07) is 1.22. The fourth-order valence-electron chi connectivity index (χ4n) is 0.982. The molecule has 1 aromatic heterocycles. The molecule has 0 aliphatic rings. The van der Waals surface area contributed by atoms with Crippen LogP contribution >= 0.6 is 0 Å². The van der Waals surface area contributed by atoms with Gasteiger partial charge in [-0.15, -0.1) is 0 Å². The predicted molar refractivity (Wildman–Crippen MR) is 44.5 cm³/mol. The maximum absolute atomic E-state index is 10.5. The number of rotatable bonds is 1. The van der Waals surface area contributed by atoms with Crippen LogP contribution in [0.15, 0.2) is 17.3 Å². The Morgan fingerprint density at radius 1 is 1.69 bits per heavy atom. The van der Waals surface area contributed by atoms with Crippen LogP contribution in [0.3, 0.4) is 0 Å². The van der Waals surface area contributed by atoms with Crippen molar-refractivity contribution in [2.24, 2.45) is 4.99 Å². The molecule has 0 bridgehead atoms. The Kier molecular flexibility index (Phi) is 2.32. The molecule has 6 nitrogen and oxygen atoms in total. The molecule has 0 radical (unpaired) electrons. The molecule has 0 unspecified atom stereocenters. The van der Waals surface area contributed by atoms with E-state index < -0.39 is 4.92 Å². The van der Waals surface area contributed by atoms with Gasteiger partial charge in [-0.3, -0.25) is 15.1 Å².